The molecule has 1 N–H and O–H groups in total. The van der Waals surface area contributed by atoms with Crippen LogP contribution in [0.25, 0.3) is 0 Å². The zero-order chi connectivity index (χ0) is 18.0. The van der Waals surface area contributed by atoms with E-state index < -0.39 is 0 Å². The molecule has 0 radical (unpaired) electrons. The van der Waals surface area contributed by atoms with Gasteiger partial charge in [0.2, 0.25) is 0 Å². The summed E-state index contributed by atoms with van der Waals surface area (Å²) in [6.07, 6.45) is 3.42. The van der Waals surface area contributed by atoms with Gasteiger partial charge in [0, 0.05) is 37.8 Å². The minimum absolute atomic E-state index is 0.0134. The van der Waals surface area contributed by atoms with Crippen molar-refractivity contribution in [3.63, 3.8) is 0 Å². The Hall–Kier alpha value is -2.63. The number of carbonyl (C=O) groups excluding carboxylic acids is 1. The number of aromatic nitrogens is 2. The standard InChI is InChI=1S/C19H24N4O2/c1-13-8-14(2)10-15(9-13)19(25)21-16-4-6-23(7-5-16)17-11-18(24)22(3)20-12-17/h8-12,16H,4-7H2,1-3H3,(H,21,25). The number of hydrogen-bond acceptors (Lipinski definition) is 4. The number of hydrogen-bond donors (Lipinski definition) is 1. The molecule has 1 fully saturated rings. The molecule has 1 aromatic carbocycles. The van der Waals surface area contributed by atoms with Crippen LogP contribution in [0.4, 0.5) is 5.69 Å². The van der Waals surface area contributed by atoms with E-state index in [1.807, 2.05) is 26.0 Å². The molecule has 1 amide bonds. The van der Waals surface area contributed by atoms with Crippen LogP contribution < -0.4 is 15.8 Å². The van der Waals surface area contributed by atoms with Gasteiger partial charge >= 0.3 is 0 Å². The average molecular weight is 340 g/mol. The number of benzene rings is 1. The first kappa shape index (κ1) is 17.2. The van der Waals surface area contributed by atoms with Crippen molar-refractivity contribution < 1.29 is 4.79 Å². The van der Waals surface area contributed by atoms with Gasteiger partial charge < -0.3 is 10.2 Å². The second kappa shape index (κ2) is 7.09. The molecular formula is C19H24N4O2. The van der Waals surface area contributed by atoms with Crippen molar-refractivity contribution in [2.45, 2.75) is 32.7 Å². The number of piperidine rings is 1. The summed E-state index contributed by atoms with van der Waals surface area (Å²) < 4.78 is 1.32. The van der Waals surface area contributed by atoms with Gasteiger partial charge in [-0.3, -0.25) is 9.59 Å². The maximum absolute atomic E-state index is 12.5. The number of nitrogens with one attached hydrogen (secondary N) is 1. The van der Waals surface area contributed by atoms with Crippen LogP contribution in [0.3, 0.4) is 0 Å². The SMILES string of the molecule is Cc1cc(C)cc(C(=O)NC2CCN(c3cnn(C)c(=O)c3)CC2)c1. The lowest BCUT2D eigenvalue weighted by molar-refractivity contribution is 0.0931. The molecule has 1 aliphatic heterocycles. The molecule has 6 nitrogen and oxygen atoms in total. The van der Waals surface area contributed by atoms with Crippen LogP contribution in [-0.4, -0.2) is 34.8 Å². The first-order valence-electron chi connectivity index (χ1n) is 8.60. The first-order chi connectivity index (χ1) is 11.9. The number of rotatable bonds is 3. The molecule has 0 atom stereocenters. The quantitative estimate of drug-likeness (QED) is 0.925. The summed E-state index contributed by atoms with van der Waals surface area (Å²) in [5.41, 5.74) is 3.65. The fourth-order valence-electron chi connectivity index (χ4n) is 3.29. The zero-order valence-corrected chi connectivity index (χ0v) is 15.0. The fraction of sp³-hybridized carbons (Fsp3) is 0.421. The van der Waals surface area contributed by atoms with Gasteiger partial charge in [-0.1, -0.05) is 17.2 Å². The maximum atomic E-state index is 12.5. The molecule has 2 aromatic rings. The van der Waals surface area contributed by atoms with E-state index in [1.54, 1.807) is 19.3 Å². The molecule has 6 heteroatoms. The Labute approximate surface area is 147 Å². The van der Waals surface area contributed by atoms with E-state index in [1.165, 1.54) is 4.68 Å². The van der Waals surface area contributed by atoms with Crippen LogP contribution in [0.2, 0.25) is 0 Å². The Balaban J connectivity index is 1.59. The smallest absolute Gasteiger partial charge is 0.268 e. The summed E-state index contributed by atoms with van der Waals surface area (Å²) in [4.78, 5) is 26.3. The van der Waals surface area contributed by atoms with Crippen molar-refractivity contribution in [3.8, 4) is 0 Å². The van der Waals surface area contributed by atoms with E-state index >= 15 is 0 Å². The van der Waals surface area contributed by atoms with Crippen LogP contribution >= 0.6 is 0 Å². The van der Waals surface area contributed by atoms with Crippen molar-refractivity contribution in [2.24, 2.45) is 7.05 Å². The Bertz CT molecular complexity index is 815. The normalized spacial score (nSPS) is 15.2. The Morgan fingerprint density at radius 2 is 1.76 bits per heavy atom. The number of anilines is 1. The molecule has 0 aliphatic carbocycles. The third-order valence-electron chi connectivity index (χ3n) is 4.63. The lowest BCUT2D eigenvalue weighted by Crippen LogP contribution is -2.45. The number of nitrogens with zero attached hydrogens (tertiary/aromatic N) is 3. The molecule has 0 saturated carbocycles. The summed E-state index contributed by atoms with van der Waals surface area (Å²) in [6, 6.07) is 7.67. The molecule has 132 valence electrons. The summed E-state index contributed by atoms with van der Waals surface area (Å²) >= 11 is 0. The molecule has 3 rings (SSSR count). The molecule has 1 aliphatic rings. The van der Waals surface area contributed by atoms with Crippen molar-refractivity contribution in [1.82, 2.24) is 15.1 Å². The zero-order valence-electron chi connectivity index (χ0n) is 15.0. The van der Waals surface area contributed by atoms with E-state index in [-0.39, 0.29) is 17.5 Å². The molecule has 25 heavy (non-hydrogen) atoms. The lowest BCUT2D eigenvalue weighted by atomic mass is 10.0. The van der Waals surface area contributed by atoms with Crippen molar-refractivity contribution >= 4 is 11.6 Å². The topological polar surface area (TPSA) is 67.2 Å². The number of carbonyl (C=O) groups is 1. The molecule has 0 bridgehead atoms. The van der Waals surface area contributed by atoms with Crippen molar-refractivity contribution in [2.75, 3.05) is 18.0 Å². The van der Waals surface area contributed by atoms with Gasteiger partial charge in [0.25, 0.3) is 11.5 Å². The predicted molar refractivity (Wildman–Crippen MR) is 98.1 cm³/mol. The highest BCUT2D eigenvalue weighted by Crippen LogP contribution is 2.18. The van der Waals surface area contributed by atoms with Crippen molar-refractivity contribution in [3.05, 3.63) is 57.5 Å². The summed E-state index contributed by atoms with van der Waals surface area (Å²) in [5.74, 6) is -0.0134. The Morgan fingerprint density at radius 3 is 2.36 bits per heavy atom. The van der Waals surface area contributed by atoms with Gasteiger partial charge in [-0.05, 0) is 38.8 Å². The van der Waals surface area contributed by atoms with Crippen LogP contribution in [-0.2, 0) is 7.05 Å². The van der Waals surface area contributed by atoms with Gasteiger partial charge in [-0.15, -0.1) is 0 Å². The monoisotopic (exact) mass is 340 g/mol. The number of amides is 1. The Kier molecular flexibility index (Phi) is 4.88. The summed E-state index contributed by atoms with van der Waals surface area (Å²) in [7, 11) is 1.64. The second-order valence-electron chi connectivity index (χ2n) is 6.79. The van der Waals surface area contributed by atoms with Crippen LogP contribution in [0.5, 0.6) is 0 Å². The highest BCUT2D eigenvalue weighted by molar-refractivity contribution is 5.94. The van der Waals surface area contributed by atoms with Gasteiger partial charge in [-0.2, -0.15) is 5.10 Å². The largest absolute Gasteiger partial charge is 0.370 e. The molecule has 1 saturated heterocycles. The Morgan fingerprint density at radius 1 is 1.12 bits per heavy atom. The summed E-state index contributed by atoms with van der Waals surface area (Å²) in [6.45, 7) is 5.60. The lowest BCUT2D eigenvalue weighted by Gasteiger charge is -2.33. The van der Waals surface area contributed by atoms with Gasteiger partial charge in [0.1, 0.15) is 0 Å². The fourth-order valence-corrected chi connectivity index (χ4v) is 3.29. The highest BCUT2D eigenvalue weighted by atomic mass is 16.1. The van der Waals surface area contributed by atoms with E-state index in [0.717, 1.165) is 48.3 Å². The van der Waals surface area contributed by atoms with Gasteiger partial charge in [-0.25, -0.2) is 4.68 Å². The summed E-state index contributed by atoms with van der Waals surface area (Å²) in [5, 5.41) is 7.21. The molecule has 2 heterocycles. The minimum Gasteiger partial charge on any atom is -0.370 e. The second-order valence-corrected chi connectivity index (χ2v) is 6.79. The average Bonchev–Trinajstić information content (AvgIpc) is 2.57. The number of aryl methyl sites for hydroxylation is 3. The van der Waals surface area contributed by atoms with Crippen molar-refractivity contribution in [1.29, 1.82) is 0 Å². The molecule has 1 aromatic heterocycles. The minimum atomic E-state index is -0.109. The van der Waals surface area contributed by atoms with E-state index in [4.69, 9.17) is 0 Å². The van der Waals surface area contributed by atoms with E-state index in [2.05, 4.69) is 21.4 Å². The van der Waals surface area contributed by atoms with Crippen LogP contribution in [0.15, 0.2) is 35.3 Å². The highest BCUT2D eigenvalue weighted by Gasteiger charge is 2.22. The van der Waals surface area contributed by atoms with E-state index in [0.29, 0.717) is 0 Å². The van der Waals surface area contributed by atoms with Crippen LogP contribution in [0.1, 0.15) is 34.3 Å². The molecular weight excluding hydrogens is 316 g/mol. The first-order valence-corrected chi connectivity index (χ1v) is 8.60. The molecule has 0 unspecified atom stereocenters. The third-order valence-corrected chi connectivity index (χ3v) is 4.63. The molecule has 0 spiro atoms. The third kappa shape index (κ3) is 4.07. The predicted octanol–water partition coefficient (Wildman–Crippen LogP) is 1.80. The van der Waals surface area contributed by atoms with E-state index in [9.17, 15) is 9.59 Å². The maximum Gasteiger partial charge on any atom is 0.268 e. The van der Waals surface area contributed by atoms with Gasteiger partial charge in [0.15, 0.2) is 0 Å². The van der Waals surface area contributed by atoms with Crippen LogP contribution in [0, 0.1) is 13.8 Å². The van der Waals surface area contributed by atoms with Gasteiger partial charge in [0.05, 0.1) is 11.9 Å².